The average molecular weight is 474 g/mol. The molecule has 2 heterocycles. The lowest BCUT2D eigenvalue weighted by Gasteiger charge is -2.34. The molecule has 2 aliphatic heterocycles. The molecule has 35 heavy (non-hydrogen) atoms. The Bertz CT molecular complexity index is 1150. The Hall–Kier alpha value is -4.04. The molecule has 1 unspecified atom stereocenters. The van der Waals surface area contributed by atoms with Gasteiger partial charge in [-0.25, -0.2) is 4.79 Å². The van der Waals surface area contributed by atoms with Crippen LogP contribution in [-0.2, 0) is 4.79 Å². The highest BCUT2D eigenvalue weighted by atomic mass is 16.6. The minimum atomic E-state index is -0.717. The quantitative estimate of drug-likeness (QED) is 0.451. The Balaban J connectivity index is 1.25. The molecule has 1 fully saturated rings. The maximum absolute atomic E-state index is 12.5. The number of aliphatic carboxylic acids is 1. The predicted octanol–water partition coefficient (Wildman–Crippen LogP) is 4.56. The molecule has 0 spiro atoms. The van der Waals surface area contributed by atoms with Gasteiger partial charge in [0.2, 0.25) is 0 Å². The van der Waals surface area contributed by atoms with Gasteiger partial charge in [-0.1, -0.05) is 24.3 Å². The Labute approximate surface area is 203 Å². The zero-order valence-corrected chi connectivity index (χ0v) is 19.2. The van der Waals surface area contributed by atoms with E-state index in [-0.39, 0.29) is 17.9 Å². The van der Waals surface area contributed by atoms with Gasteiger partial charge in [-0.05, 0) is 67.0 Å². The number of carbonyl (C=O) groups excluding carboxylic acids is 2. The summed E-state index contributed by atoms with van der Waals surface area (Å²) >= 11 is 0. The first-order chi connectivity index (χ1) is 17.0. The van der Waals surface area contributed by atoms with Crippen molar-refractivity contribution >= 4 is 29.7 Å². The SMILES string of the molecule is O=C(Nc1ccc(C(=O)C=CC2=CCC(N3CCC(C(=O)O)CC3)N=C2)cc1)Oc1ccccc1. The van der Waals surface area contributed by atoms with E-state index in [9.17, 15) is 14.4 Å². The van der Waals surface area contributed by atoms with Gasteiger partial charge in [0.25, 0.3) is 0 Å². The van der Waals surface area contributed by atoms with E-state index in [1.165, 1.54) is 6.08 Å². The molecule has 2 aromatic carbocycles. The number of nitrogens with one attached hydrogen (secondary N) is 1. The van der Waals surface area contributed by atoms with Gasteiger partial charge in [-0.15, -0.1) is 0 Å². The maximum atomic E-state index is 12.5. The van der Waals surface area contributed by atoms with Crippen LogP contribution in [0.25, 0.3) is 0 Å². The first-order valence-corrected chi connectivity index (χ1v) is 11.5. The van der Waals surface area contributed by atoms with Crippen LogP contribution in [0, 0.1) is 5.92 Å². The van der Waals surface area contributed by atoms with E-state index in [2.05, 4.69) is 15.2 Å². The second-order valence-corrected chi connectivity index (χ2v) is 8.45. The number of ketones is 1. The van der Waals surface area contributed by atoms with Gasteiger partial charge in [0.15, 0.2) is 5.78 Å². The van der Waals surface area contributed by atoms with Crippen LogP contribution in [0.15, 0.2) is 83.4 Å². The number of rotatable bonds is 7. The lowest BCUT2D eigenvalue weighted by molar-refractivity contribution is -0.143. The number of carboxylic acids is 1. The van der Waals surface area contributed by atoms with Crippen LogP contribution in [0.3, 0.4) is 0 Å². The molecule has 0 aliphatic carbocycles. The lowest BCUT2D eigenvalue weighted by atomic mass is 9.96. The fraction of sp³-hybridized carbons (Fsp3) is 0.259. The van der Waals surface area contributed by atoms with Crippen molar-refractivity contribution in [3.63, 3.8) is 0 Å². The fourth-order valence-corrected chi connectivity index (χ4v) is 4.05. The summed E-state index contributed by atoms with van der Waals surface area (Å²) in [5.74, 6) is -0.691. The number of anilines is 1. The number of likely N-dealkylation sites (tertiary alicyclic amines) is 1. The molecule has 1 atom stereocenters. The predicted molar refractivity (Wildman–Crippen MR) is 133 cm³/mol. The number of para-hydroxylation sites is 1. The van der Waals surface area contributed by atoms with E-state index in [1.54, 1.807) is 60.8 Å². The van der Waals surface area contributed by atoms with Crippen molar-refractivity contribution < 1.29 is 24.2 Å². The van der Waals surface area contributed by atoms with Crippen molar-refractivity contribution in [2.75, 3.05) is 18.4 Å². The van der Waals surface area contributed by atoms with Gasteiger partial charge in [0.05, 0.1) is 5.92 Å². The van der Waals surface area contributed by atoms with Gasteiger partial charge in [0, 0.05) is 37.0 Å². The molecule has 4 rings (SSSR count). The third-order valence-electron chi connectivity index (χ3n) is 6.06. The number of ether oxygens (including phenoxy) is 1. The first kappa shape index (κ1) is 24.1. The summed E-state index contributed by atoms with van der Waals surface area (Å²) in [6.45, 7) is 1.45. The molecule has 8 heteroatoms. The number of hydrogen-bond acceptors (Lipinski definition) is 6. The highest BCUT2D eigenvalue weighted by molar-refractivity contribution is 6.05. The standard InChI is InChI=1S/C27H27N3O5/c31-24(20-8-10-22(11-9-20)29-27(34)35-23-4-2-1-3-5-23)12-6-19-7-13-25(28-18-19)30-16-14-21(15-17-30)26(32)33/h1-12,18,21,25H,13-17H2,(H,29,34)(H,32,33). The van der Waals surface area contributed by atoms with Crippen molar-refractivity contribution in [1.82, 2.24) is 4.90 Å². The number of dihydropyridines is 1. The number of nitrogens with zero attached hydrogens (tertiary/aromatic N) is 2. The van der Waals surface area contributed by atoms with Crippen molar-refractivity contribution in [3.8, 4) is 5.75 Å². The van der Waals surface area contributed by atoms with E-state index >= 15 is 0 Å². The zero-order valence-electron chi connectivity index (χ0n) is 19.2. The fourth-order valence-electron chi connectivity index (χ4n) is 4.05. The summed E-state index contributed by atoms with van der Waals surface area (Å²) < 4.78 is 5.19. The van der Waals surface area contributed by atoms with Crippen LogP contribution < -0.4 is 10.1 Å². The molecule has 2 aliphatic rings. The third kappa shape index (κ3) is 6.74. The number of carboxylic acid groups (broad SMARTS) is 1. The van der Waals surface area contributed by atoms with Gasteiger partial charge < -0.3 is 9.84 Å². The molecular formula is C27H27N3O5. The Morgan fingerprint density at radius 1 is 1.03 bits per heavy atom. The number of benzene rings is 2. The molecule has 0 aromatic heterocycles. The molecule has 0 bridgehead atoms. The molecule has 2 N–H and O–H groups in total. The average Bonchev–Trinajstić information content (AvgIpc) is 2.88. The molecule has 8 nitrogen and oxygen atoms in total. The van der Waals surface area contributed by atoms with Crippen LogP contribution in [0.5, 0.6) is 5.75 Å². The van der Waals surface area contributed by atoms with Crippen LogP contribution in [0.4, 0.5) is 10.5 Å². The molecular weight excluding hydrogens is 446 g/mol. The third-order valence-corrected chi connectivity index (χ3v) is 6.06. The van der Waals surface area contributed by atoms with Crippen LogP contribution in [0.2, 0.25) is 0 Å². The van der Waals surface area contributed by atoms with Gasteiger partial charge in [-0.3, -0.25) is 24.8 Å². The number of aliphatic imine (C=N–C) groups is 1. The monoisotopic (exact) mass is 473 g/mol. The normalized spacial score (nSPS) is 18.7. The van der Waals surface area contributed by atoms with Gasteiger partial charge >= 0.3 is 12.1 Å². The van der Waals surface area contributed by atoms with Crippen molar-refractivity contribution in [3.05, 3.63) is 84.0 Å². The summed E-state index contributed by atoms with van der Waals surface area (Å²) in [6.07, 6.45) is 8.47. The Morgan fingerprint density at radius 2 is 1.74 bits per heavy atom. The molecule has 2 aromatic rings. The topological polar surface area (TPSA) is 108 Å². The maximum Gasteiger partial charge on any atom is 0.417 e. The van der Waals surface area contributed by atoms with Gasteiger partial charge in [0.1, 0.15) is 11.9 Å². The first-order valence-electron chi connectivity index (χ1n) is 11.5. The number of carbonyl (C=O) groups is 3. The van der Waals surface area contributed by atoms with Crippen LogP contribution in [0.1, 0.15) is 29.6 Å². The molecule has 0 radical (unpaired) electrons. The number of hydrogen-bond donors (Lipinski definition) is 2. The summed E-state index contributed by atoms with van der Waals surface area (Å²) in [5, 5.41) is 11.8. The minimum absolute atomic E-state index is 0.0196. The number of piperidine rings is 1. The highest BCUT2D eigenvalue weighted by Gasteiger charge is 2.28. The lowest BCUT2D eigenvalue weighted by Crippen LogP contribution is -2.42. The Kier molecular flexibility index (Phi) is 7.84. The number of amides is 1. The molecule has 180 valence electrons. The molecule has 1 amide bonds. The summed E-state index contributed by atoms with van der Waals surface area (Å²) in [6, 6.07) is 15.3. The Morgan fingerprint density at radius 3 is 2.37 bits per heavy atom. The van der Waals surface area contributed by atoms with Crippen molar-refractivity contribution in [1.29, 1.82) is 0 Å². The van der Waals surface area contributed by atoms with E-state index in [0.29, 0.717) is 29.8 Å². The second kappa shape index (κ2) is 11.4. The van der Waals surface area contributed by atoms with Gasteiger partial charge in [-0.2, -0.15) is 0 Å². The largest absolute Gasteiger partial charge is 0.481 e. The second-order valence-electron chi connectivity index (χ2n) is 8.45. The van der Waals surface area contributed by atoms with Crippen molar-refractivity contribution in [2.45, 2.75) is 25.4 Å². The summed E-state index contributed by atoms with van der Waals surface area (Å²) in [5.41, 5.74) is 1.87. The van der Waals surface area contributed by atoms with E-state index in [1.807, 2.05) is 12.1 Å². The van der Waals surface area contributed by atoms with E-state index in [4.69, 9.17) is 9.84 Å². The van der Waals surface area contributed by atoms with Crippen molar-refractivity contribution in [2.24, 2.45) is 10.9 Å². The summed E-state index contributed by atoms with van der Waals surface area (Å²) in [4.78, 5) is 42.4. The zero-order chi connectivity index (χ0) is 24.6. The molecule has 0 saturated carbocycles. The summed E-state index contributed by atoms with van der Waals surface area (Å²) in [7, 11) is 0. The highest BCUT2D eigenvalue weighted by Crippen LogP contribution is 2.23. The molecule has 1 saturated heterocycles. The minimum Gasteiger partial charge on any atom is -0.481 e. The smallest absolute Gasteiger partial charge is 0.417 e. The number of allylic oxidation sites excluding steroid dienone is 3. The van der Waals surface area contributed by atoms with Crippen LogP contribution in [-0.4, -0.2) is 53.3 Å². The van der Waals surface area contributed by atoms with E-state index < -0.39 is 12.1 Å². The van der Waals surface area contributed by atoms with E-state index in [0.717, 1.165) is 25.1 Å². The van der Waals surface area contributed by atoms with Crippen LogP contribution >= 0.6 is 0 Å².